The molecule has 0 aliphatic carbocycles. The Balaban J connectivity index is 1.97. The van der Waals surface area contributed by atoms with E-state index in [1.54, 1.807) is 0 Å². The molecule has 11 heteroatoms. The van der Waals surface area contributed by atoms with Crippen LogP contribution in [0.4, 0.5) is 13.9 Å². The summed E-state index contributed by atoms with van der Waals surface area (Å²) in [6.45, 7) is 1.01. The van der Waals surface area contributed by atoms with Gasteiger partial charge in [-0.25, -0.2) is 26.5 Å². The second-order valence-electron chi connectivity index (χ2n) is 7.66. The monoisotopic (exact) mass is 482 g/mol. The lowest BCUT2D eigenvalue weighted by atomic mass is 10.2. The number of thiazole rings is 1. The van der Waals surface area contributed by atoms with Crippen molar-refractivity contribution in [2.24, 2.45) is 0 Å². The molecule has 0 aliphatic rings. The molecule has 3 aromatic rings. The minimum Gasteiger partial charge on any atom is -0.309 e. The first kappa shape index (κ1) is 24.2. The number of nitrogens with zero attached hydrogens (tertiary/aromatic N) is 4. The van der Waals surface area contributed by atoms with Gasteiger partial charge in [-0.2, -0.15) is 0 Å². The van der Waals surface area contributed by atoms with Crippen LogP contribution in [0.3, 0.4) is 0 Å². The Bertz CT molecular complexity index is 1230. The largest absolute Gasteiger partial charge is 0.309 e. The fourth-order valence-corrected chi connectivity index (χ4v) is 4.96. The van der Waals surface area contributed by atoms with Crippen LogP contribution < -0.4 is 4.90 Å². The van der Waals surface area contributed by atoms with Gasteiger partial charge in [0.1, 0.15) is 11.3 Å². The summed E-state index contributed by atoms with van der Waals surface area (Å²) in [6.07, 6.45) is 0.624. The number of halogens is 2. The number of fused-ring (bicyclic) bond motifs is 1. The van der Waals surface area contributed by atoms with Crippen molar-refractivity contribution in [2.75, 3.05) is 46.2 Å². The van der Waals surface area contributed by atoms with Gasteiger partial charge in [0, 0.05) is 32.3 Å². The molecule has 0 N–H and O–H groups in total. The molecule has 0 radical (unpaired) electrons. The molecule has 1 heterocycles. The summed E-state index contributed by atoms with van der Waals surface area (Å²) in [5, 5.41) is 0.248. The van der Waals surface area contributed by atoms with E-state index in [0.717, 1.165) is 21.7 Å². The van der Waals surface area contributed by atoms with Crippen LogP contribution in [0, 0.1) is 11.6 Å². The topological polar surface area (TPSA) is 73.8 Å². The lowest BCUT2D eigenvalue weighted by molar-refractivity contribution is 0.0986. The van der Waals surface area contributed by atoms with E-state index in [-0.39, 0.29) is 21.1 Å². The van der Waals surface area contributed by atoms with Crippen LogP contribution in [0.5, 0.6) is 0 Å². The van der Waals surface area contributed by atoms with Gasteiger partial charge in [-0.05, 0) is 57.4 Å². The van der Waals surface area contributed by atoms with E-state index < -0.39 is 27.6 Å². The van der Waals surface area contributed by atoms with Crippen molar-refractivity contribution in [3.8, 4) is 0 Å². The van der Waals surface area contributed by atoms with Crippen LogP contribution >= 0.6 is 11.3 Å². The lowest BCUT2D eigenvalue weighted by Gasteiger charge is -2.21. The highest BCUT2D eigenvalue weighted by Crippen LogP contribution is 2.32. The van der Waals surface area contributed by atoms with Gasteiger partial charge in [-0.3, -0.25) is 9.69 Å². The molecule has 0 bridgehead atoms. The fraction of sp³-hybridized carbons (Fsp3) is 0.333. The second kappa shape index (κ2) is 9.57. The molecule has 0 saturated heterocycles. The van der Waals surface area contributed by atoms with Gasteiger partial charge in [0.15, 0.2) is 10.9 Å². The molecule has 0 aliphatic heterocycles. The summed E-state index contributed by atoms with van der Waals surface area (Å²) in [7, 11) is 3.04. The molecule has 7 nitrogen and oxygen atoms in total. The molecule has 2 aromatic carbocycles. The first-order valence-electron chi connectivity index (χ1n) is 9.75. The predicted molar refractivity (Wildman–Crippen MR) is 122 cm³/mol. The summed E-state index contributed by atoms with van der Waals surface area (Å²) in [4.78, 5) is 21.0. The Hall–Kier alpha value is -2.47. The Morgan fingerprint density at radius 3 is 2.28 bits per heavy atom. The van der Waals surface area contributed by atoms with Crippen molar-refractivity contribution >= 4 is 42.6 Å². The summed E-state index contributed by atoms with van der Waals surface area (Å²) in [6, 6.07) is 7.55. The van der Waals surface area contributed by atoms with Crippen molar-refractivity contribution in [2.45, 2.75) is 11.3 Å². The predicted octanol–water partition coefficient (Wildman–Crippen LogP) is 3.42. The van der Waals surface area contributed by atoms with Crippen LogP contribution in [0.2, 0.25) is 0 Å². The average Bonchev–Trinajstić information content (AvgIpc) is 3.14. The smallest absolute Gasteiger partial charge is 0.260 e. The van der Waals surface area contributed by atoms with Gasteiger partial charge in [0.2, 0.25) is 10.0 Å². The van der Waals surface area contributed by atoms with Crippen molar-refractivity contribution in [1.29, 1.82) is 0 Å². The van der Waals surface area contributed by atoms with Crippen LogP contribution in [0.25, 0.3) is 10.2 Å². The van der Waals surface area contributed by atoms with Crippen LogP contribution in [0.1, 0.15) is 16.8 Å². The van der Waals surface area contributed by atoms with Crippen molar-refractivity contribution in [1.82, 2.24) is 14.2 Å². The molecule has 1 amide bonds. The van der Waals surface area contributed by atoms with E-state index in [9.17, 15) is 22.0 Å². The molecule has 3 rings (SSSR count). The summed E-state index contributed by atoms with van der Waals surface area (Å²) in [5.74, 6) is -1.91. The molecule has 0 saturated carbocycles. The van der Waals surface area contributed by atoms with Gasteiger partial charge < -0.3 is 4.90 Å². The zero-order valence-corrected chi connectivity index (χ0v) is 19.8. The Kier molecular flexibility index (Phi) is 7.23. The number of carbonyl (C=O) groups excluding carboxylic acids is 1. The van der Waals surface area contributed by atoms with Gasteiger partial charge >= 0.3 is 0 Å². The molecule has 0 fully saturated rings. The minimum atomic E-state index is -3.63. The maximum atomic E-state index is 14.2. The highest BCUT2D eigenvalue weighted by atomic mass is 32.2. The van der Waals surface area contributed by atoms with Gasteiger partial charge in [-0.15, -0.1) is 0 Å². The summed E-state index contributed by atoms with van der Waals surface area (Å²) >= 11 is 1.02. The molecular formula is C21H24F2N4O3S2. The third kappa shape index (κ3) is 5.12. The molecule has 0 atom stereocenters. The van der Waals surface area contributed by atoms with Gasteiger partial charge in [0.05, 0.1) is 9.60 Å². The highest BCUT2D eigenvalue weighted by Gasteiger charge is 2.24. The van der Waals surface area contributed by atoms with E-state index in [4.69, 9.17) is 0 Å². The van der Waals surface area contributed by atoms with Crippen LogP contribution in [0.15, 0.2) is 41.3 Å². The number of sulfonamides is 1. The molecule has 1 aromatic heterocycles. The van der Waals surface area contributed by atoms with E-state index in [1.165, 1.54) is 49.3 Å². The van der Waals surface area contributed by atoms with Crippen molar-refractivity contribution in [3.63, 3.8) is 0 Å². The Morgan fingerprint density at radius 2 is 1.69 bits per heavy atom. The maximum absolute atomic E-state index is 14.2. The average molecular weight is 483 g/mol. The SMILES string of the molecule is CN(C)CCCN(C(=O)c1ccc(S(=O)(=O)N(C)C)cc1)c1nc2c(F)cc(F)cc2s1. The van der Waals surface area contributed by atoms with E-state index in [1.807, 2.05) is 19.0 Å². The summed E-state index contributed by atoms with van der Waals surface area (Å²) < 4.78 is 53.7. The number of anilines is 1. The Morgan fingerprint density at radius 1 is 1.03 bits per heavy atom. The maximum Gasteiger partial charge on any atom is 0.260 e. The fourth-order valence-electron chi connectivity index (χ4n) is 3.03. The number of rotatable bonds is 8. The highest BCUT2D eigenvalue weighted by molar-refractivity contribution is 7.89. The number of amides is 1. The molecule has 0 spiro atoms. The normalized spacial score (nSPS) is 12.1. The third-order valence-electron chi connectivity index (χ3n) is 4.74. The van der Waals surface area contributed by atoms with E-state index >= 15 is 0 Å². The molecule has 172 valence electrons. The van der Waals surface area contributed by atoms with Gasteiger partial charge in [0.25, 0.3) is 5.91 Å². The quantitative estimate of drug-likeness (QED) is 0.492. The number of aromatic nitrogens is 1. The van der Waals surface area contributed by atoms with E-state index in [0.29, 0.717) is 24.2 Å². The number of hydrogen-bond acceptors (Lipinski definition) is 6. The number of carbonyl (C=O) groups is 1. The first-order valence-corrected chi connectivity index (χ1v) is 12.0. The zero-order chi connectivity index (χ0) is 23.6. The Labute approximate surface area is 189 Å². The van der Waals surface area contributed by atoms with Crippen LogP contribution in [-0.4, -0.2) is 69.8 Å². The van der Waals surface area contributed by atoms with Crippen molar-refractivity contribution in [3.05, 3.63) is 53.6 Å². The number of hydrogen-bond donors (Lipinski definition) is 0. The zero-order valence-electron chi connectivity index (χ0n) is 18.2. The summed E-state index contributed by atoms with van der Waals surface area (Å²) in [5.41, 5.74) is 0.266. The van der Waals surface area contributed by atoms with Crippen LogP contribution in [-0.2, 0) is 10.0 Å². The molecular weight excluding hydrogens is 458 g/mol. The first-order chi connectivity index (χ1) is 15.0. The lowest BCUT2D eigenvalue weighted by Crippen LogP contribution is -2.33. The van der Waals surface area contributed by atoms with E-state index in [2.05, 4.69) is 4.98 Å². The third-order valence-corrected chi connectivity index (χ3v) is 7.60. The number of benzene rings is 2. The minimum absolute atomic E-state index is 0.00392. The van der Waals surface area contributed by atoms with Gasteiger partial charge in [-0.1, -0.05) is 11.3 Å². The standard InChI is InChI=1S/C21H24F2N4O3S2/c1-25(2)10-5-11-27(21-24-19-17(23)12-15(22)13-18(19)31-21)20(28)14-6-8-16(9-7-14)32(29,30)26(3)4/h6-9,12-13H,5,10-11H2,1-4H3. The molecule has 0 unspecified atom stereocenters. The second-order valence-corrected chi connectivity index (χ2v) is 10.8. The van der Waals surface area contributed by atoms with Crippen molar-refractivity contribution < 1.29 is 22.0 Å². The molecule has 32 heavy (non-hydrogen) atoms.